The quantitative estimate of drug-likeness (QED) is 0.526. The molecule has 5 rings (SSSR count). The third kappa shape index (κ3) is 3.59. The average molecular weight is 520 g/mol. The molecule has 0 bridgehead atoms. The number of anilines is 1. The lowest BCUT2D eigenvalue weighted by Gasteiger charge is -2.25. The molecule has 7 nitrogen and oxygen atoms in total. The first-order chi connectivity index (χ1) is 16.4. The van der Waals surface area contributed by atoms with Crippen LogP contribution < -0.4 is 15.1 Å². The normalized spacial score (nSPS) is 21.7. The molecular weight excluding hydrogens is 498 g/mol. The number of benzene rings is 3. The minimum atomic E-state index is -0.991. The Hall–Kier alpha value is -3.49. The van der Waals surface area contributed by atoms with Crippen LogP contribution in [0.4, 0.5) is 5.69 Å². The van der Waals surface area contributed by atoms with Crippen molar-refractivity contribution in [1.82, 2.24) is 10.4 Å². The summed E-state index contributed by atoms with van der Waals surface area (Å²) in [5.74, 6) is -1.41. The highest BCUT2D eigenvalue weighted by atomic mass is 79.9. The number of hydrogen-bond donors (Lipinski definition) is 1. The summed E-state index contributed by atoms with van der Waals surface area (Å²) in [4.78, 5) is 42.2. The van der Waals surface area contributed by atoms with Crippen LogP contribution in [0.15, 0.2) is 77.3 Å². The standard InChI is InChI=1S/C26H22BrN3O4/c1-15-7-5-10-18(13-15)29-25(32)21-22(19-11-3-4-12-20(19)34-2)28-30(23(21)26(29)33)24(31)16-8-6-9-17(27)14-16/h3-14,21-23,28H,1-2H3/t21-,22+,23+/m1/s1. The lowest BCUT2D eigenvalue weighted by Crippen LogP contribution is -2.48. The number of hydrazine groups is 1. The van der Waals surface area contributed by atoms with E-state index in [9.17, 15) is 14.4 Å². The largest absolute Gasteiger partial charge is 0.496 e. The van der Waals surface area contributed by atoms with E-state index in [1.54, 1.807) is 49.6 Å². The van der Waals surface area contributed by atoms with Gasteiger partial charge in [0.2, 0.25) is 5.91 Å². The molecule has 2 aliphatic heterocycles. The zero-order valence-electron chi connectivity index (χ0n) is 18.6. The number of hydrogen-bond acceptors (Lipinski definition) is 5. The predicted octanol–water partition coefficient (Wildman–Crippen LogP) is 4.03. The van der Waals surface area contributed by atoms with Gasteiger partial charge in [0.25, 0.3) is 11.8 Å². The molecule has 0 aromatic heterocycles. The number of methoxy groups -OCH3 is 1. The Morgan fingerprint density at radius 1 is 0.971 bits per heavy atom. The number of para-hydroxylation sites is 1. The Labute approximate surface area is 205 Å². The van der Waals surface area contributed by atoms with Crippen molar-refractivity contribution in [3.05, 3.63) is 94.0 Å². The van der Waals surface area contributed by atoms with Gasteiger partial charge in [-0.25, -0.2) is 10.3 Å². The maximum Gasteiger partial charge on any atom is 0.268 e. The first-order valence-corrected chi connectivity index (χ1v) is 11.6. The molecular formula is C26H22BrN3O4. The molecule has 3 atom stereocenters. The minimum Gasteiger partial charge on any atom is -0.496 e. The van der Waals surface area contributed by atoms with E-state index in [0.29, 0.717) is 22.6 Å². The topological polar surface area (TPSA) is 79.0 Å². The van der Waals surface area contributed by atoms with Gasteiger partial charge in [-0.2, -0.15) is 0 Å². The van der Waals surface area contributed by atoms with Gasteiger partial charge in [-0.3, -0.25) is 19.4 Å². The average Bonchev–Trinajstić information content (AvgIpc) is 3.35. The van der Waals surface area contributed by atoms with Crippen molar-refractivity contribution in [3.8, 4) is 5.75 Å². The van der Waals surface area contributed by atoms with Gasteiger partial charge in [0, 0.05) is 15.6 Å². The fraction of sp³-hybridized carbons (Fsp3) is 0.192. The summed E-state index contributed by atoms with van der Waals surface area (Å²) >= 11 is 3.39. The highest BCUT2D eigenvalue weighted by molar-refractivity contribution is 9.10. The van der Waals surface area contributed by atoms with E-state index in [2.05, 4.69) is 21.4 Å². The van der Waals surface area contributed by atoms with Crippen molar-refractivity contribution in [2.45, 2.75) is 19.0 Å². The number of amides is 3. The SMILES string of the molecule is COc1ccccc1[C@@H]1NN(C(=O)c2cccc(Br)c2)[C@@H]2C(=O)N(c3cccc(C)c3)C(=O)[C@@H]21. The molecule has 0 saturated carbocycles. The van der Waals surface area contributed by atoms with E-state index in [1.165, 1.54) is 9.91 Å². The lowest BCUT2D eigenvalue weighted by atomic mass is 9.90. The number of aryl methyl sites for hydroxylation is 1. The first kappa shape index (κ1) is 22.3. The molecule has 8 heteroatoms. The molecule has 34 heavy (non-hydrogen) atoms. The van der Waals surface area contributed by atoms with Crippen LogP contribution >= 0.6 is 15.9 Å². The number of ether oxygens (including phenoxy) is 1. The van der Waals surface area contributed by atoms with Crippen LogP contribution in [0.3, 0.4) is 0 Å². The van der Waals surface area contributed by atoms with Crippen molar-refractivity contribution >= 4 is 39.3 Å². The van der Waals surface area contributed by atoms with E-state index in [-0.39, 0.29) is 11.8 Å². The highest BCUT2D eigenvalue weighted by Crippen LogP contribution is 2.44. The van der Waals surface area contributed by atoms with Crippen molar-refractivity contribution in [2.75, 3.05) is 12.0 Å². The van der Waals surface area contributed by atoms with Gasteiger partial charge in [0.1, 0.15) is 11.8 Å². The van der Waals surface area contributed by atoms with E-state index in [1.807, 2.05) is 37.3 Å². The van der Waals surface area contributed by atoms with Crippen molar-refractivity contribution in [2.24, 2.45) is 5.92 Å². The summed E-state index contributed by atoms with van der Waals surface area (Å²) in [5, 5.41) is 1.31. The van der Waals surface area contributed by atoms with E-state index in [4.69, 9.17) is 4.74 Å². The number of nitrogens with one attached hydrogen (secondary N) is 1. The Bertz CT molecular complexity index is 1310. The number of fused-ring (bicyclic) bond motifs is 1. The van der Waals surface area contributed by atoms with E-state index < -0.39 is 23.9 Å². The fourth-order valence-electron chi connectivity index (χ4n) is 4.74. The van der Waals surface area contributed by atoms with Gasteiger partial charge < -0.3 is 4.74 Å². The van der Waals surface area contributed by atoms with E-state index >= 15 is 0 Å². The predicted molar refractivity (Wildman–Crippen MR) is 130 cm³/mol. The Kier molecular flexibility index (Phi) is 5.71. The fourth-order valence-corrected chi connectivity index (χ4v) is 5.14. The molecule has 3 aromatic carbocycles. The maximum atomic E-state index is 13.7. The summed E-state index contributed by atoms with van der Waals surface area (Å²) in [6, 6.07) is 19.9. The molecule has 0 spiro atoms. The second kappa shape index (κ2) is 8.70. The zero-order valence-corrected chi connectivity index (χ0v) is 20.2. The summed E-state index contributed by atoms with van der Waals surface area (Å²) in [6.45, 7) is 1.90. The second-order valence-corrected chi connectivity index (χ2v) is 9.27. The molecule has 172 valence electrons. The van der Waals surface area contributed by atoms with Gasteiger partial charge in [-0.15, -0.1) is 0 Å². The van der Waals surface area contributed by atoms with Crippen LogP contribution in [0.2, 0.25) is 0 Å². The lowest BCUT2D eigenvalue weighted by molar-refractivity contribution is -0.123. The number of imide groups is 1. The molecule has 2 fully saturated rings. The van der Waals surface area contributed by atoms with Gasteiger partial charge in [-0.1, -0.05) is 52.3 Å². The second-order valence-electron chi connectivity index (χ2n) is 8.36. The Morgan fingerprint density at radius 3 is 2.47 bits per heavy atom. The molecule has 0 unspecified atom stereocenters. The molecule has 2 heterocycles. The van der Waals surface area contributed by atoms with Crippen molar-refractivity contribution < 1.29 is 19.1 Å². The number of halogens is 1. The van der Waals surface area contributed by atoms with Crippen LogP contribution in [0.5, 0.6) is 5.75 Å². The third-order valence-electron chi connectivity index (χ3n) is 6.26. The molecule has 2 saturated heterocycles. The number of nitrogens with zero attached hydrogens (tertiary/aromatic N) is 2. The molecule has 1 N–H and O–H groups in total. The van der Waals surface area contributed by atoms with Gasteiger partial charge in [0.05, 0.1) is 24.8 Å². The molecule has 3 amide bonds. The van der Waals surface area contributed by atoms with Crippen LogP contribution in [-0.4, -0.2) is 35.9 Å². The zero-order chi connectivity index (χ0) is 24.0. The maximum absolute atomic E-state index is 13.7. The monoisotopic (exact) mass is 519 g/mol. The molecule has 0 aliphatic carbocycles. The number of carbonyl (C=O) groups excluding carboxylic acids is 3. The van der Waals surface area contributed by atoms with Crippen LogP contribution in [0, 0.1) is 12.8 Å². The van der Waals surface area contributed by atoms with Crippen molar-refractivity contribution in [1.29, 1.82) is 0 Å². The summed E-state index contributed by atoms with van der Waals surface area (Å²) in [7, 11) is 1.55. The molecule has 0 radical (unpaired) electrons. The third-order valence-corrected chi connectivity index (χ3v) is 6.75. The van der Waals surface area contributed by atoms with Crippen LogP contribution in [-0.2, 0) is 9.59 Å². The molecule has 3 aromatic rings. The van der Waals surface area contributed by atoms with E-state index in [0.717, 1.165) is 10.0 Å². The van der Waals surface area contributed by atoms with Crippen LogP contribution in [0.1, 0.15) is 27.5 Å². The number of rotatable bonds is 4. The Morgan fingerprint density at radius 2 is 1.74 bits per heavy atom. The highest BCUT2D eigenvalue weighted by Gasteiger charge is 2.60. The summed E-state index contributed by atoms with van der Waals surface area (Å²) in [5.41, 5.74) is 5.70. The van der Waals surface area contributed by atoms with Crippen LogP contribution in [0.25, 0.3) is 0 Å². The van der Waals surface area contributed by atoms with Gasteiger partial charge in [-0.05, 0) is 48.9 Å². The van der Waals surface area contributed by atoms with Gasteiger partial charge in [0.15, 0.2) is 0 Å². The number of carbonyl (C=O) groups is 3. The summed E-state index contributed by atoms with van der Waals surface area (Å²) in [6.07, 6.45) is 0. The molecule has 2 aliphatic rings. The van der Waals surface area contributed by atoms with Crippen molar-refractivity contribution in [3.63, 3.8) is 0 Å². The Balaban J connectivity index is 1.61. The first-order valence-electron chi connectivity index (χ1n) is 10.8. The smallest absolute Gasteiger partial charge is 0.268 e. The summed E-state index contributed by atoms with van der Waals surface area (Å²) < 4.78 is 6.27. The minimum absolute atomic E-state index is 0.353. The van der Waals surface area contributed by atoms with Gasteiger partial charge >= 0.3 is 0 Å².